The van der Waals surface area contributed by atoms with E-state index in [2.05, 4.69) is 10.3 Å². The summed E-state index contributed by atoms with van der Waals surface area (Å²) in [4.78, 5) is 3.97. The van der Waals surface area contributed by atoms with Crippen molar-refractivity contribution in [1.29, 1.82) is 0 Å². The van der Waals surface area contributed by atoms with E-state index in [0.717, 1.165) is 18.8 Å². The lowest BCUT2D eigenvalue weighted by molar-refractivity contribution is 0.314. The van der Waals surface area contributed by atoms with E-state index < -0.39 is 0 Å². The zero-order valence-electron chi connectivity index (χ0n) is 9.97. The van der Waals surface area contributed by atoms with Crippen LogP contribution in [-0.4, -0.2) is 18.1 Å². The average Bonchev–Trinajstić information content (AvgIpc) is 2.42. The number of rotatable bonds is 6. The van der Waals surface area contributed by atoms with Crippen molar-refractivity contribution in [2.45, 2.75) is 6.54 Å². The monoisotopic (exact) mass is 262 g/mol. The number of ether oxygens (including phenoxy) is 1. The van der Waals surface area contributed by atoms with Gasteiger partial charge in [0.25, 0.3) is 0 Å². The number of nitrogens with zero attached hydrogens (tertiary/aromatic N) is 1. The van der Waals surface area contributed by atoms with Crippen molar-refractivity contribution in [2.75, 3.05) is 13.2 Å². The molecule has 1 heterocycles. The largest absolute Gasteiger partial charge is 0.491 e. The van der Waals surface area contributed by atoms with Crippen LogP contribution in [0.2, 0.25) is 5.02 Å². The Kier molecular flexibility index (Phi) is 5.00. The molecule has 3 nitrogen and oxygen atoms in total. The fourth-order valence-electron chi connectivity index (χ4n) is 1.53. The van der Waals surface area contributed by atoms with Crippen LogP contribution in [-0.2, 0) is 6.54 Å². The zero-order valence-corrected chi connectivity index (χ0v) is 10.7. The molecule has 0 saturated carbocycles. The first kappa shape index (κ1) is 12.9. The highest BCUT2D eigenvalue weighted by molar-refractivity contribution is 6.32. The molecular weight excluding hydrogens is 248 g/mol. The first-order valence-electron chi connectivity index (χ1n) is 5.83. The SMILES string of the molecule is Clc1ccccc1OCCNCc1ccncc1. The van der Waals surface area contributed by atoms with Crippen LogP contribution in [0.25, 0.3) is 0 Å². The smallest absolute Gasteiger partial charge is 0.137 e. The first-order valence-corrected chi connectivity index (χ1v) is 6.21. The molecule has 2 rings (SSSR count). The fraction of sp³-hybridized carbons (Fsp3) is 0.214. The average molecular weight is 263 g/mol. The molecule has 1 aromatic heterocycles. The van der Waals surface area contributed by atoms with Gasteiger partial charge in [0.05, 0.1) is 5.02 Å². The Bertz CT molecular complexity index is 476. The topological polar surface area (TPSA) is 34.1 Å². The van der Waals surface area contributed by atoms with Crippen LogP contribution in [0.5, 0.6) is 5.75 Å². The van der Waals surface area contributed by atoms with Crippen LogP contribution in [0.1, 0.15) is 5.56 Å². The molecule has 18 heavy (non-hydrogen) atoms. The summed E-state index contributed by atoms with van der Waals surface area (Å²) in [5.74, 6) is 0.727. The second-order valence-corrected chi connectivity index (χ2v) is 4.22. The van der Waals surface area contributed by atoms with Gasteiger partial charge in [-0.05, 0) is 29.8 Å². The first-order chi connectivity index (χ1) is 8.86. The molecular formula is C14H15ClN2O. The van der Waals surface area contributed by atoms with Gasteiger partial charge >= 0.3 is 0 Å². The number of pyridine rings is 1. The third-order valence-electron chi connectivity index (χ3n) is 2.45. The van der Waals surface area contributed by atoms with E-state index >= 15 is 0 Å². The normalized spacial score (nSPS) is 10.3. The van der Waals surface area contributed by atoms with Gasteiger partial charge in [0, 0.05) is 25.5 Å². The van der Waals surface area contributed by atoms with Gasteiger partial charge < -0.3 is 10.1 Å². The van der Waals surface area contributed by atoms with Gasteiger partial charge in [-0.15, -0.1) is 0 Å². The summed E-state index contributed by atoms with van der Waals surface area (Å²) in [6, 6.07) is 11.5. The van der Waals surface area contributed by atoms with Gasteiger partial charge in [-0.1, -0.05) is 23.7 Å². The molecule has 2 aromatic rings. The maximum Gasteiger partial charge on any atom is 0.137 e. The Morgan fingerprint density at radius 1 is 1.11 bits per heavy atom. The van der Waals surface area contributed by atoms with E-state index in [-0.39, 0.29) is 0 Å². The molecule has 0 amide bonds. The minimum Gasteiger partial charge on any atom is -0.491 e. The number of hydrogen-bond donors (Lipinski definition) is 1. The van der Waals surface area contributed by atoms with E-state index in [9.17, 15) is 0 Å². The summed E-state index contributed by atoms with van der Waals surface area (Å²) in [6.07, 6.45) is 3.58. The number of halogens is 1. The van der Waals surface area contributed by atoms with Gasteiger partial charge in [0.2, 0.25) is 0 Å². The highest BCUT2D eigenvalue weighted by Gasteiger charge is 1.98. The van der Waals surface area contributed by atoms with Crippen LogP contribution in [0, 0.1) is 0 Å². The molecule has 0 saturated heterocycles. The molecule has 94 valence electrons. The van der Waals surface area contributed by atoms with Gasteiger partial charge in [0.1, 0.15) is 12.4 Å². The zero-order chi connectivity index (χ0) is 12.6. The summed E-state index contributed by atoms with van der Waals surface area (Å²) in [7, 11) is 0. The number of benzene rings is 1. The van der Waals surface area contributed by atoms with Crippen LogP contribution < -0.4 is 10.1 Å². The highest BCUT2D eigenvalue weighted by Crippen LogP contribution is 2.22. The summed E-state index contributed by atoms with van der Waals surface area (Å²) < 4.78 is 5.57. The second-order valence-electron chi connectivity index (χ2n) is 3.81. The Balaban J connectivity index is 1.66. The van der Waals surface area contributed by atoms with Crippen LogP contribution in [0.15, 0.2) is 48.8 Å². The second kappa shape index (κ2) is 6.99. The predicted molar refractivity (Wildman–Crippen MR) is 72.9 cm³/mol. The summed E-state index contributed by atoms with van der Waals surface area (Å²) in [5.41, 5.74) is 1.21. The standard InChI is InChI=1S/C14H15ClN2O/c15-13-3-1-2-4-14(13)18-10-9-17-11-12-5-7-16-8-6-12/h1-8,17H,9-11H2. The van der Waals surface area contributed by atoms with Crippen molar-refractivity contribution in [2.24, 2.45) is 0 Å². The molecule has 0 aliphatic carbocycles. The molecule has 1 N–H and O–H groups in total. The van der Waals surface area contributed by atoms with Crippen LogP contribution >= 0.6 is 11.6 Å². The van der Waals surface area contributed by atoms with E-state index in [1.807, 2.05) is 36.4 Å². The van der Waals surface area contributed by atoms with Crippen molar-refractivity contribution in [3.8, 4) is 5.75 Å². The molecule has 1 aromatic carbocycles. The van der Waals surface area contributed by atoms with E-state index in [1.165, 1.54) is 5.56 Å². The molecule has 0 fully saturated rings. The molecule has 0 unspecified atom stereocenters. The summed E-state index contributed by atoms with van der Waals surface area (Å²) in [6.45, 7) is 2.18. The number of nitrogens with one attached hydrogen (secondary N) is 1. The molecule has 0 aliphatic rings. The maximum atomic E-state index is 5.98. The van der Waals surface area contributed by atoms with Crippen molar-refractivity contribution >= 4 is 11.6 Å². The van der Waals surface area contributed by atoms with E-state index in [1.54, 1.807) is 12.4 Å². The van der Waals surface area contributed by atoms with Crippen LogP contribution in [0.3, 0.4) is 0 Å². The lowest BCUT2D eigenvalue weighted by atomic mass is 10.3. The number of hydrogen-bond acceptors (Lipinski definition) is 3. The maximum absolute atomic E-state index is 5.98. The Hall–Kier alpha value is -1.58. The minimum absolute atomic E-state index is 0.592. The third kappa shape index (κ3) is 4.02. The molecule has 0 spiro atoms. The lowest BCUT2D eigenvalue weighted by Gasteiger charge is -2.08. The highest BCUT2D eigenvalue weighted by atomic mass is 35.5. The molecule has 0 aliphatic heterocycles. The summed E-state index contributed by atoms with van der Waals surface area (Å²) >= 11 is 5.98. The molecule has 4 heteroatoms. The number of aromatic nitrogens is 1. The van der Waals surface area contributed by atoms with Crippen molar-refractivity contribution in [1.82, 2.24) is 10.3 Å². The lowest BCUT2D eigenvalue weighted by Crippen LogP contribution is -2.20. The summed E-state index contributed by atoms with van der Waals surface area (Å²) in [5, 5.41) is 3.94. The van der Waals surface area contributed by atoms with Gasteiger partial charge in [0.15, 0.2) is 0 Å². The minimum atomic E-state index is 0.592. The Morgan fingerprint density at radius 2 is 1.89 bits per heavy atom. The predicted octanol–water partition coefficient (Wildman–Crippen LogP) is 2.90. The van der Waals surface area contributed by atoms with Crippen LogP contribution in [0.4, 0.5) is 0 Å². The van der Waals surface area contributed by atoms with Gasteiger partial charge in [-0.3, -0.25) is 4.98 Å². The van der Waals surface area contributed by atoms with E-state index in [4.69, 9.17) is 16.3 Å². The number of para-hydroxylation sites is 1. The van der Waals surface area contributed by atoms with Crippen molar-refractivity contribution in [3.05, 3.63) is 59.4 Å². The van der Waals surface area contributed by atoms with Crippen molar-refractivity contribution < 1.29 is 4.74 Å². The molecule has 0 atom stereocenters. The van der Waals surface area contributed by atoms with E-state index in [0.29, 0.717) is 11.6 Å². The Labute approximate surface area is 112 Å². The van der Waals surface area contributed by atoms with Gasteiger partial charge in [-0.2, -0.15) is 0 Å². The van der Waals surface area contributed by atoms with Gasteiger partial charge in [-0.25, -0.2) is 0 Å². The fourth-order valence-corrected chi connectivity index (χ4v) is 1.72. The third-order valence-corrected chi connectivity index (χ3v) is 2.76. The Morgan fingerprint density at radius 3 is 2.67 bits per heavy atom. The quantitative estimate of drug-likeness (QED) is 0.813. The van der Waals surface area contributed by atoms with Crippen molar-refractivity contribution in [3.63, 3.8) is 0 Å². The molecule has 0 radical (unpaired) electrons. The molecule has 0 bridgehead atoms.